The normalized spacial score (nSPS) is 15.6. The minimum absolute atomic E-state index is 0.0433. The Morgan fingerprint density at radius 2 is 2.05 bits per heavy atom. The minimum Gasteiger partial charge on any atom is -0.454 e. The summed E-state index contributed by atoms with van der Waals surface area (Å²) in [5, 5.41) is 22.3. The molecule has 0 aliphatic carbocycles. The zero-order valence-corrected chi connectivity index (χ0v) is 10.8. The first-order chi connectivity index (χ1) is 9.52. The lowest BCUT2D eigenvalue weighted by Gasteiger charge is -2.20. The Hall–Kier alpha value is -2.12. The molecule has 0 aromatic heterocycles. The molecule has 20 heavy (non-hydrogen) atoms. The van der Waals surface area contributed by atoms with E-state index in [0.717, 1.165) is 0 Å². The molecular weight excluding hydrogens is 266 g/mol. The number of aliphatic hydroxyl groups excluding tert-OH is 2. The lowest BCUT2D eigenvalue weighted by atomic mass is 9.98. The zero-order chi connectivity index (χ0) is 14.7. The molecular formula is C13H15NO6. The number of aliphatic hydroxyl groups is 2. The fraction of sp³-hybridized carbons (Fsp3) is 0.385. The number of amides is 1. The topological polar surface area (TPSA) is 105 Å². The predicted molar refractivity (Wildman–Crippen MR) is 67.6 cm³/mol. The van der Waals surface area contributed by atoms with Gasteiger partial charge < -0.3 is 25.0 Å². The second-order valence-electron chi connectivity index (χ2n) is 4.40. The molecule has 1 amide bonds. The maximum Gasteiger partial charge on any atom is 0.231 e. The molecule has 0 saturated heterocycles. The average Bonchev–Trinajstić information content (AvgIpc) is 2.89. The van der Waals surface area contributed by atoms with Gasteiger partial charge in [-0.1, -0.05) is 0 Å². The summed E-state index contributed by atoms with van der Waals surface area (Å²) >= 11 is 0. The van der Waals surface area contributed by atoms with Crippen molar-refractivity contribution < 1.29 is 29.3 Å². The molecule has 3 N–H and O–H groups in total. The number of rotatable bonds is 5. The summed E-state index contributed by atoms with van der Waals surface area (Å²) in [5.74, 6) is 0.494. The number of carbonyl (C=O) groups excluding carboxylic acids is 2. The lowest BCUT2D eigenvalue weighted by Crippen LogP contribution is -2.34. The Balaban J connectivity index is 2.22. The van der Waals surface area contributed by atoms with E-state index >= 15 is 0 Å². The maximum absolute atomic E-state index is 11.1. The average molecular weight is 281 g/mol. The van der Waals surface area contributed by atoms with Crippen LogP contribution in [0.4, 0.5) is 0 Å². The van der Waals surface area contributed by atoms with Crippen LogP contribution in [0.25, 0.3) is 0 Å². The van der Waals surface area contributed by atoms with Crippen LogP contribution in [-0.2, 0) is 4.79 Å². The Morgan fingerprint density at radius 3 is 2.65 bits per heavy atom. The summed E-state index contributed by atoms with van der Waals surface area (Å²) in [4.78, 5) is 21.8. The largest absolute Gasteiger partial charge is 0.454 e. The van der Waals surface area contributed by atoms with Gasteiger partial charge in [0, 0.05) is 19.0 Å². The number of hydrogen-bond acceptors (Lipinski definition) is 6. The highest BCUT2D eigenvalue weighted by molar-refractivity contribution is 5.79. The molecule has 0 bridgehead atoms. The Labute approximate surface area is 115 Å². The molecule has 2 unspecified atom stereocenters. The molecule has 1 aliphatic heterocycles. The molecule has 2 atom stereocenters. The second kappa shape index (κ2) is 5.89. The first-order valence-electron chi connectivity index (χ1n) is 6.02. The zero-order valence-electron chi connectivity index (χ0n) is 10.8. The van der Waals surface area contributed by atoms with Gasteiger partial charge in [0.1, 0.15) is 12.2 Å². The molecule has 1 aromatic rings. The number of aldehydes is 1. The van der Waals surface area contributed by atoms with Crippen LogP contribution in [0.3, 0.4) is 0 Å². The molecule has 1 heterocycles. The van der Waals surface area contributed by atoms with Crippen molar-refractivity contribution in [3.63, 3.8) is 0 Å². The van der Waals surface area contributed by atoms with Gasteiger partial charge in [-0.25, -0.2) is 0 Å². The first-order valence-corrected chi connectivity index (χ1v) is 6.02. The van der Waals surface area contributed by atoms with Crippen molar-refractivity contribution in [3.8, 4) is 11.5 Å². The molecule has 108 valence electrons. The summed E-state index contributed by atoms with van der Waals surface area (Å²) in [6.07, 6.45) is -2.00. The third-order valence-corrected chi connectivity index (χ3v) is 2.95. The van der Waals surface area contributed by atoms with Crippen LogP contribution in [0, 0.1) is 0 Å². The molecule has 0 spiro atoms. The van der Waals surface area contributed by atoms with Gasteiger partial charge in [0.05, 0.1) is 0 Å². The molecule has 1 aliphatic rings. The van der Waals surface area contributed by atoms with E-state index in [2.05, 4.69) is 5.32 Å². The SMILES string of the molecule is CC(=O)NCC(O)C(O)c1cc2c(cc1C=O)OCO2. The Morgan fingerprint density at radius 1 is 1.40 bits per heavy atom. The van der Waals surface area contributed by atoms with Gasteiger partial charge >= 0.3 is 0 Å². The van der Waals surface area contributed by atoms with E-state index in [1.807, 2.05) is 0 Å². The number of benzene rings is 1. The summed E-state index contributed by atoms with van der Waals surface area (Å²) in [5.41, 5.74) is 0.422. The van der Waals surface area contributed by atoms with Crippen LogP contribution in [0.5, 0.6) is 11.5 Å². The predicted octanol–water partition coefficient (Wildman–Crippen LogP) is -0.242. The van der Waals surface area contributed by atoms with E-state index in [0.29, 0.717) is 17.8 Å². The summed E-state index contributed by atoms with van der Waals surface area (Å²) in [6, 6.07) is 2.90. The van der Waals surface area contributed by atoms with E-state index in [9.17, 15) is 19.8 Å². The van der Waals surface area contributed by atoms with Crippen LogP contribution in [-0.4, -0.2) is 41.8 Å². The van der Waals surface area contributed by atoms with Gasteiger partial charge in [-0.15, -0.1) is 0 Å². The molecule has 1 aromatic carbocycles. The fourth-order valence-corrected chi connectivity index (χ4v) is 1.90. The van der Waals surface area contributed by atoms with Gasteiger partial charge in [0.15, 0.2) is 17.8 Å². The van der Waals surface area contributed by atoms with Gasteiger partial charge in [0.2, 0.25) is 12.7 Å². The van der Waals surface area contributed by atoms with Gasteiger partial charge in [-0.3, -0.25) is 9.59 Å². The number of ether oxygens (including phenoxy) is 2. The van der Waals surface area contributed by atoms with Crippen molar-refractivity contribution >= 4 is 12.2 Å². The van der Waals surface area contributed by atoms with Crippen LogP contribution in [0.15, 0.2) is 12.1 Å². The standard InChI is InChI=1S/C13H15NO6/c1-7(16)14-4-10(17)13(18)9-3-12-11(19-6-20-12)2-8(9)5-15/h2-3,5,10,13,17-18H,4,6H2,1H3,(H,14,16). The second-order valence-corrected chi connectivity index (χ2v) is 4.40. The number of nitrogens with one attached hydrogen (secondary N) is 1. The third kappa shape index (κ3) is 2.89. The van der Waals surface area contributed by atoms with Crippen LogP contribution in [0.2, 0.25) is 0 Å². The van der Waals surface area contributed by atoms with Gasteiger partial charge in [-0.2, -0.15) is 0 Å². The highest BCUT2D eigenvalue weighted by Gasteiger charge is 2.25. The van der Waals surface area contributed by atoms with Crippen molar-refractivity contribution in [2.45, 2.75) is 19.1 Å². The third-order valence-electron chi connectivity index (χ3n) is 2.95. The highest BCUT2D eigenvalue weighted by atomic mass is 16.7. The molecule has 2 rings (SSSR count). The van der Waals surface area contributed by atoms with Gasteiger partial charge in [-0.05, 0) is 17.7 Å². The summed E-state index contributed by atoms with van der Waals surface area (Å²) < 4.78 is 10.3. The Kier molecular flexibility index (Phi) is 4.21. The van der Waals surface area contributed by atoms with Crippen LogP contribution in [0.1, 0.15) is 28.9 Å². The highest BCUT2D eigenvalue weighted by Crippen LogP contribution is 2.36. The number of hydrogen-bond donors (Lipinski definition) is 3. The monoisotopic (exact) mass is 281 g/mol. The lowest BCUT2D eigenvalue weighted by molar-refractivity contribution is -0.119. The molecule has 0 fully saturated rings. The molecule has 7 nitrogen and oxygen atoms in total. The van der Waals surface area contributed by atoms with Crippen LogP contribution >= 0.6 is 0 Å². The first kappa shape index (κ1) is 14.3. The fourth-order valence-electron chi connectivity index (χ4n) is 1.90. The quantitative estimate of drug-likeness (QED) is 0.643. The van der Waals surface area contributed by atoms with Crippen molar-refractivity contribution in [1.29, 1.82) is 0 Å². The van der Waals surface area contributed by atoms with E-state index in [4.69, 9.17) is 9.47 Å². The minimum atomic E-state index is -1.32. The van der Waals surface area contributed by atoms with Crippen LogP contribution < -0.4 is 14.8 Å². The molecule has 0 saturated carbocycles. The van der Waals surface area contributed by atoms with Crippen molar-refractivity contribution in [1.82, 2.24) is 5.32 Å². The Bertz CT molecular complexity index is 530. The van der Waals surface area contributed by atoms with E-state index in [1.165, 1.54) is 19.1 Å². The van der Waals surface area contributed by atoms with Gasteiger partial charge in [0.25, 0.3) is 0 Å². The van der Waals surface area contributed by atoms with Crippen molar-refractivity contribution in [2.75, 3.05) is 13.3 Å². The summed E-state index contributed by atoms with van der Waals surface area (Å²) in [6.45, 7) is 1.22. The van der Waals surface area contributed by atoms with E-state index in [1.54, 1.807) is 0 Å². The maximum atomic E-state index is 11.1. The molecule has 7 heteroatoms. The van der Waals surface area contributed by atoms with Crippen molar-refractivity contribution in [3.05, 3.63) is 23.3 Å². The van der Waals surface area contributed by atoms with E-state index < -0.39 is 12.2 Å². The number of fused-ring (bicyclic) bond motifs is 1. The van der Waals surface area contributed by atoms with E-state index in [-0.39, 0.29) is 30.4 Å². The number of carbonyl (C=O) groups is 2. The van der Waals surface area contributed by atoms with Crippen molar-refractivity contribution in [2.24, 2.45) is 0 Å². The smallest absolute Gasteiger partial charge is 0.231 e. The summed E-state index contributed by atoms with van der Waals surface area (Å²) in [7, 11) is 0. The molecule has 0 radical (unpaired) electrons.